The van der Waals surface area contributed by atoms with Gasteiger partial charge in [0.05, 0.1) is 24.4 Å². The van der Waals surface area contributed by atoms with Crippen molar-refractivity contribution in [1.29, 1.82) is 0 Å². The van der Waals surface area contributed by atoms with Crippen LogP contribution in [0.4, 0.5) is 0 Å². The van der Waals surface area contributed by atoms with Gasteiger partial charge in [0.15, 0.2) is 0 Å². The van der Waals surface area contributed by atoms with Gasteiger partial charge in [-0.05, 0) is 109 Å². The number of allylic oxidation sites excluding steroid dienone is 4. The van der Waals surface area contributed by atoms with Crippen molar-refractivity contribution in [3.05, 3.63) is 24.3 Å². The molecular formula is C76H150N4O6S2. The third-order valence-electron chi connectivity index (χ3n) is 18.3. The van der Waals surface area contributed by atoms with Crippen molar-refractivity contribution < 1.29 is 30.0 Å². The number of esters is 1. The average Bonchev–Trinajstić information content (AvgIpc) is 3.71. The molecule has 4 atom stereocenters. The van der Waals surface area contributed by atoms with Crippen molar-refractivity contribution in [3.8, 4) is 0 Å². The van der Waals surface area contributed by atoms with Crippen molar-refractivity contribution in [1.82, 2.24) is 19.6 Å². The van der Waals surface area contributed by atoms with Gasteiger partial charge in [0.25, 0.3) is 0 Å². The summed E-state index contributed by atoms with van der Waals surface area (Å²) >= 11 is 0. The monoisotopic (exact) mass is 1280 g/mol. The van der Waals surface area contributed by atoms with E-state index in [1.807, 2.05) is 21.6 Å². The molecule has 1 aliphatic rings. The van der Waals surface area contributed by atoms with Crippen LogP contribution in [0.2, 0.25) is 0 Å². The van der Waals surface area contributed by atoms with Crippen molar-refractivity contribution in [2.24, 2.45) is 0 Å². The smallest absolute Gasteiger partial charge is 0.305 e. The number of carbonyl (C=O) groups excluding carboxylic acids is 1. The van der Waals surface area contributed by atoms with Crippen LogP contribution in [-0.4, -0.2) is 167 Å². The summed E-state index contributed by atoms with van der Waals surface area (Å²) in [6.45, 7) is 19.7. The number of rotatable bonds is 70. The molecule has 4 unspecified atom stereocenters. The third kappa shape index (κ3) is 60.3. The number of aliphatic hydroxyl groups is 4. The first kappa shape index (κ1) is 85.3. The largest absolute Gasteiger partial charge is 0.464 e. The average molecular weight is 1280 g/mol. The summed E-state index contributed by atoms with van der Waals surface area (Å²) in [5.41, 5.74) is 0. The van der Waals surface area contributed by atoms with Gasteiger partial charge < -0.3 is 25.2 Å². The van der Waals surface area contributed by atoms with Crippen LogP contribution in [0.3, 0.4) is 0 Å². The van der Waals surface area contributed by atoms with E-state index in [-0.39, 0.29) is 30.4 Å². The lowest BCUT2D eigenvalue weighted by Gasteiger charge is -2.34. The molecule has 4 N–H and O–H groups in total. The summed E-state index contributed by atoms with van der Waals surface area (Å²) in [5, 5.41) is 44.4. The summed E-state index contributed by atoms with van der Waals surface area (Å²) in [7, 11) is 3.95. The zero-order valence-corrected chi connectivity index (χ0v) is 60.5. The Balaban J connectivity index is 2.40. The van der Waals surface area contributed by atoms with Crippen molar-refractivity contribution >= 4 is 27.6 Å². The highest BCUT2D eigenvalue weighted by Gasteiger charge is 2.20. The number of nitrogens with zero attached hydrogens (tertiary/aromatic N) is 4. The minimum absolute atomic E-state index is 0.116. The second-order valence-electron chi connectivity index (χ2n) is 27.1. The molecule has 1 heterocycles. The van der Waals surface area contributed by atoms with Crippen LogP contribution >= 0.6 is 21.6 Å². The molecule has 0 aromatic rings. The molecule has 522 valence electrons. The van der Waals surface area contributed by atoms with E-state index in [2.05, 4.69) is 71.6 Å². The maximum absolute atomic E-state index is 12.8. The predicted octanol–water partition coefficient (Wildman–Crippen LogP) is 19.5. The Kier molecular flexibility index (Phi) is 65.7. The number of hydrogen-bond acceptors (Lipinski definition) is 12. The van der Waals surface area contributed by atoms with Gasteiger partial charge in [-0.1, -0.05) is 279 Å². The first-order valence-electron chi connectivity index (χ1n) is 38.5. The summed E-state index contributed by atoms with van der Waals surface area (Å²) < 4.78 is 5.73. The van der Waals surface area contributed by atoms with Crippen molar-refractivity contribution in [2.45, 2.75) is 360 Å². The van der Waals surface area contributed by atoms with Crippen LogP contribution in [-0.2, 0) is 9.53 Å². The molecule has 10 nitrogen and oxygen atoms in total. The fraction of sp³-hybridized carbons (Fsp3) is 0.934. The standard InChI is InChI=1S/C76H150N4O6S2/c1-5-9-13-17-21-25-27-29-31-33-35-39-43-47-54-74(83)70-80(71-75(84)55-48-44-40-36-34-32-30-28-26-22-18-14-10-6-2)58-51-66-87-88-67-64-78-61-59-77(60-62-78)63-65-86-76(85)56-49-50-57-79(68-72(81)52-45-41-37-23-19-15-11-7-3)69-73(82)53-46-42-38-24-20-16-12-8-4/h29-32,72-75,81-84H,5-28,33-71H2,1-4H3/b31-29-,32-30-. The lowest BCUT2D eigenvalue weighted by molar-refractivity contribution is -0.144. The zero-order chi connectivity index (χ0) is 63.7. The molecule has 1 aliphatic heterocycles. The minimum atomic E-state index is -0.378. The highest BCUT2D eigenvalue weighted by Crippen LogP contribution is 2.23. The first-order valence-corrected chi connectivity index (χ1v) is 41.0. The summed E-state index contributed by atoms with van der Waals surface area (Å²) in [5.74, 6) is 2.06. The quantitative estimate of drug-likeness (QED) is 0.0201. The Morgan fingerprint density at radius 3 is 1.02 bits per heavy atom. The number of piperazine rings is 1. The van der Waals surface area contributed by atoms with Gasteiger partial charge in [-0.2, -0.15) is 0 Å². The molecular weight excluding hydrogens is 1130 g/mol. The van der Waals surface area contributed by atoms with Gasteiger partial charge in [0.1, 0.15) is 6.61 Å². The van der Waals surface area contributed by atoms with E-state index in [4.69, 9.17) is 4.74 Å². The molecule has 0 aromatic carbocycles. The summed E-state index contributed by atoms with van der Waals surface area (Å²) in [6, 6.07) is 0. The number of hydrogen-bond donors (Lipinski definition) is 4. The molecule has 1 fully saturated rings. The normalized spacial score (nSPS) is 15.0. The van der Waals surface area contributed by atoms with Crippen molar-refractivity contribution in [3.63, 3.8) is 0 Å². The van der Waals surface area contributed by atoms with E-state index in [0.717, 1.165) is 134 Å². The third-order valence-corrected chi connectivity index (χ3v) is 20.7. The van der Waals surface area contributed by atoms with E-state index in [0.29, 0.717) is 39.2 Å². The van der Waals surface area contributed by atoms with Crippen molar-refractivity contribution in [2.75, 3.05) is 96.6 Å². The van der Waals surface area contributed by atoms with Gasteiger partial charge in [0.2, 0.25) is 0 Å². The Morgan fingerprint density at radius 2 is 0.670 bits per heavy atom. The molecule has 88 heavy (non-hydrogen) atoms. The maximum atomic E-state index is 12.8. The van der Waals surface area contributed by atoms with Gasteiger partial charge in [-0.25, -0.2) is 0 Å². The second kappa shape index (κ2) is 67.7. The van der Waals surface area contributed by atoms with E-state index >= 15 is 0 Å². The van der Waals surface area contributed by atoms with E-state index in [1.165, 1.54) is 231 Å². The van der Waals surface area contributed by atoms with Gasteiger partial charge in [0, 0.05) is 83.4 Å². The zero-order valence-electron chi connectivity index (χ0n) is 58.9. The molecule has 1 saturated heterocycles. The fourth-order valence-electron chi connectivity index (χ4n) is 12.5. The van der Waals surface area contributed by atoms with Gasteiger partial charge >= 0.3 is 5.97 Å². The molecule has 0 amide bonds. The number of unbranched alkanes of at least 4 members (excludes halogenated alkanes) is 35. The summed E-state index contributed by atoms with van der Waals surface area (Å²) in [4.78, 5) is 22.4. The number of ether oxygens (including phenoxy) is 1. The van der Waals surface area contributed by atoms with E-state index in [9.17, 15) is 25.2 Å². The molecule has 0 spiro atoms. The van der Waals surface area contributed by atoms with Crippen LogP contribution in [0.5, 0.6) is 0 Å². The van der Waals surface area contributed by atoms with Gasteiger partial charge in [-0.3, -0.25) is 24.4 Å². The van der Waals surface area contributed by atoms with Crippen LogP contribution in [0.15, 0.2) is 24.3 Å². The Bertz CT molecular complexity index is 1400. The topological polar surface area (TPSA) is 120 Å². The Labute approximate surface area is 555 Å². The molecule has 0 aromatic heterocycles. The number of carbonyl (C=O) groups is 1. The first-order chi connectivity index (χ1) is 43.2. The maximum Gasteiger partial charge on any atom is 0.305 e. The lowest BCUT2D eigenvalue weighted by Crippen LogP contribution is -2.47. The van der Waals surface area contributed by atoms with Crippen LogP contribution in [0.1, 0.15) is 336 Å². The predicted molar refractivity (Wildman–Crippen MR) is 388 cm³/mol. The second-order valence-corrected chi connectivity index (χ2v) is 29.8. The molecule has 1 rings (SSSR count). The minimum Gasteiger partial charge on any atom is -0.464 e. The molecule has 0 aliphatic carbocycles. The molecule has 0 bridgehead atoms. The SMILES string of the molecule is CCCCCCCC/C=C\CCCCCCC(O)CN(CCCSSCCN1CCN(CCOC(=O)CCCCN(CC(O)CCCCCCCCCC)CC(O)CCCCCCCCCC)CC1)CC(O)CCCCCC/C=C\CCCCCCCC. The Morgan fingerprint density at radius 1 is 0.375 bits per heavy atom. The lowest BCUT2D eigenvalue weighted by atomic mass is 10.0. The van der Waals surface area contributed by atoms with Gasteiger partial charge in [-0.15, -0.1) is 0 Å². The van der Waals surface area contributed by atoms with E-state index < -0.39 is 0 Å². The highest BCUT2D eigenvalue weighted by atomic mass is 33.1. The molecule has 12 heteroatoms. The van der Waals surface area contributed by atoms with E-state index in [1.54, 1.807) is 0 Å². The summed E-state index contributed by atoms with van der Waals surface area (Å²) in [6.07, 6.45) is 65.4. The number of aliphatic hydroxyl groups excluding tert-OH is 4. The molecule has 0 saturated carbocycles. The fourth-order valence-corrected chi connectivity index (χ4v) is 14.6. The highest BCUT2D eigenvalue weighted by molar-refractivity contribution is 8.76. The van der Waals surface area contributed by atoms with Crippen LogP contribution in [0, 0.1) is 0 Å². The molecule has 0 radical (unpaired) electrons. The Hall–Kier alpha value is -0.670. The van der Waals surface area contributed by atoms with Crippen LogP contribution in [0.25, 0.3) is 0 Å². The van der Waals surface area contributed by atoms with Crippen LogP contribution < -0.4 is 0 Å².